The fraction of sp³-hybridized carbons (Fsp3) is 0.390. The minimum Gasteiger partial charge on any atom is -0.505 e. The molecule has 0 atom stereocenters. The predicted octanol–water partition coefficient (Wildman–Crippen LogP) is 11.7. The van der Waals surface area contributed by atoms with Crippen LogP contribution in [0.3, 0.4) is 0 Å². The molecule has 0 amide bonds. The van der Waals surface area contributed by atoms with Gasteiger partial charge in [-0.25, -0.2) is 17.6 Å². The number of benzene rings is 4. The Labute approximate surface area is 300 Å². The van der Waals surface area contributed by atoms with Crippen molar-refractivity contribution in [3.63, 3.8) is 0 Å². The lowest BCUT2D eigenvalue weighted by Crippen LogP contribution is -2.01. The maximum Gasteiger partial charge on any atom is 0.201 e. The lowest BCUT2D eigenvalue weighted by Gasteiger charge is -2.11. The number of aromatic hydroxyl groups is 1. The average Bonchev–Trinajstić information content (AvgIpc) is 3.12. The zero-order valence-corrected chi connectivity index (χ0v) is 29.2. The van der Waals surface area contributed by atoms with Crippen molar-refractivity contribution >= 4 is 5.78 Å². The summed E-state index contributed by atoms with van der Waals surface area (Å²) in [7, 11) is 0. The van der Waals surface area contributed by atoms with Gasteiger partial charge in [0.2, 0.25) is 11.6 Å². The molecule has 4 rings (SSSR count). The number of halogens is 6. The van der Waals surface area contributed by atoms with E-state index in [2.05, 4.69) is 0 Å². The van der Waals surface area contributed by atoms with E-state index in [0.717, 1.165) is 88.5 Å². The summed E-state index contributed by atoms with van der Waals surface area (Å²) in [4.78, 5) is 12.2. The second-order valence-corrected chi connectivity index (χ2v) is 12.5. The number of ketones is 1. The van der Waals surface area contributed by atoms with E-state index in [9.17, 15) is 36.2 Å². The average molecular weight is 731 g/mol. The molecule has 0 bridgehead atoms. The molecule has 0 aliphatic carbocycles. The highest BCUT2D eigenvalue weighted by atomic mass is 19.2. The highest BCUT2D eigenvalue weighted by Crippen LogP contribution is 2.34. The highest BCUT2D eigenvalue weighted by Gasteiger charge is 2.19. The minimum atomic E-state index is -1.43. The van der Waals surface area contributed by atoms with Crippen LogP contribution in [-0.2, 0) is 4.79 Å². The largest absolute Gasteiger partial charge is 0.505 e. The van der Waals surface area contributed by atoms with Crippen molar-refractivity contribution in [2.75, 3.05) is 19.8 Å². The first-order chi connectivity index (χ1) is 25.1. The van der Waals surface area contributed by atoms with Crippen LogP contribution in [0.1, 0.15) is 84.0 Å². The van der Waals surface area contributed by atoms with Gasteiger partial charge in [0.15, 0.2) is 23.1 Å². The Morgan fingerprint density at radius 3 is 1.46 bits per heavy atom. The van der Waals surface area contributed by atoms with Crippen molar-refractivity contribution in [3.8, 4) is 45.3 Å². The SMILES string of the molecule is CCOc1ccc(-c2ccc(OCCCCCCCC(=O)CCCCCCCOc3ccc(-c4ccc(O)c(F)c4F)c(F)c3)cc2F)c(F)c1F. The molecule has 0 unspecified atom stereocenters. The van der Waals surface area contributed by atoms with Crippen molar-refractivity contribution in [2.45, 2.75) is 84.0 Å². The predicted molar refractivity (Wildman–Crippen MR) is 188 cm³/mol. The quantitative estimate of drug-likeness (QED) is 0.0644. The summed E-state index contributed by atoms with van der Waals surface area (Å²) < 4.78 is 102. The Bertz CT molecular complexity index is 1780. The van der Waals surface area contributed by atoms with Gasteiger partial charge in [-0.2, -0.15) is 8.78 Å². The van der Waals surface area contributed by atoms with Gasteiger partial charge in [-0.15, -0.1) is 0 Å². The molecular weight excluding hydrogens is 686 g/mol. The van der Waals surface area contributed by atoms with Crippen LogP contribution in [-0.4, -0.2) is 30.7 Å². The highest BCUT2D eigenvalue weighted by molar-refractivity contribution is 5.78. The van der Waals surface area contributed by atoms with Gasteiger partial charge in [0.1, 0.15) is 28.9 Å². The van der Waals surface area contributed by atoms with Crippen molar-refractivity contribution in [1.82, 2.24) is 0 Å². The maximum atomic E-state index is 14.7. The van der Waals surface area contributed by atoms with Crippen LogP contribution >= 0.6 is 0 Å². The number of rotatable bonds is 22. The molecule has 0 aromatic heterocycles. The van der Waals surface area contributed by atoms with E-state index in [1.54, 1.807) is 6.92 Å². The topological polar surface area (TPSA) is 65.0 Å². The van der Waals surface area contributed by atoms with E-state index in [1.165, 1.54) is 36.4 Å². The molecule has 0 radical (unpaired) electrons. The molecule has 0 fully saturated rings. The Balaban J connectivity index is 0.995. The molecule has 52 heavy (non-hydrogen) atoms. The molecule has 0 saturated heterocycles. The summed E-state index contributed by atoms with van der Waals surface area (Å²) in [6, 6.07) is 12.6. The normalized spacial score (nSPS) is 11.1. The second kappa shape index (κ2) is 20.4. The molecule has 4 aromatic rings. The Morgan fingerprint density at radius 1 is 0.519 bits per heavy atom. The molecule has 5 nitrogen and oxygen atoms in total. The number of hydrogen-bond donors (Lipinski definition) is 1. The Hall–Kier alpha value is -4.67. The summed E-state index contributed by atoms with van der Waals surface area (Å²) in [5.41, 5.74) is -0.694. The van der Waals surface area contributed by atoms with E-state index in [1.807, 2.05) is 0 Å². The molecule has 0 spiro atoms. The van der Waals surface area contributed by atoms with Crippen LogP contribution < -0.4 is 14.2 Å². The minimum absolute atomic E-state index is 0.0711. The van der Waals surface area contributed by atoms with Gasteiger partial charge in [-0.1, -0.05) is 38.5 Å². The molecule has 280 valence electrons. The summed E-state index contributed by atoms with van der Waals surface area (Å²) in [5, 5.41) is 9.27. The molecule has 0 aliphatic heterocycles. The number of phenols is 1. The maximum absolute atomic E-state index is 14.7. The Kier molecular flexibility index (Phi) is 15.7. The first kappa shape index (κ1) is 40.1. The fourth-order valence-corrected chi connectivity index (χ4v) is 5.78. The molecule has 0 saturated carbocycles. The molecule has 0 aliphatic rings. The van der Waals surface area contributed by atoms with Gasteiger partial charge >= 0.3 is 0 Å². The van der Waals surface area contributed by atoms with Crippen LogP contribution in [0.25, 0.3) is 22.3 Å². The molecular formula is C41H44F6O5. The van der Waals surface area contributed by atoms with Crippen molar-refractivity contribution < 1.29 is 50.5 Å². The molecule has 4 aromatic carbocycles. The number of Topliss-reactive ketones (excluding diaryl/α,β-unsaturated/α-hetero) is 1. The first-order valence-corrected chi connectivity index (χ1v) is 17.8. The fourth-order valence-electron chi connectivity index (χ4n) is 5.78. The first-order valence-electron chi connectivity index (χ1n) is 17.8. The Morgan fingerprint density at radius 2 is 0.962 bits per heavy atom. The summed E-state index contributed by atoms with van der Waals surface area (Å²) in [6.07, 6.45) is 9.80. The second-order valence-electron chi connectivity index (χ2n) is 12.5. The van der Waals surface area contributed by atoms with Crippen LogP contribution in [0.2, 0.25) is 0 Å². The van der Waals surface area contributed by atoms with Crippen molar-refractivity contribution in [1.29, 1.82) is 0 Å². The number of unbranched alkanes of at least 4 members (excludes halogenated alkanes) is 8. The van der Waals surface area contributed by atoms with Crippen LogP contribution in [0.4, 0.5) is 26.3 Å². The lowest BCUT2D eigenvalue weighted by atomic mass is 10.0. The zero-order valence-electron chi connectivity index (χ0n) is 29.2. The van der Waals surface area contributed by atoms with Crippen molar-refractivity contribution in [2.24, 2.45) is 0 Å². The summed E-state index contributed by atoms with van der Waals surface area (Å²) >= 11 is 0. The summed E-state index contributed by atoms with van der Waals surface area (Å²) in [6.45, 7) is 2.58. The number of hydrogen-bond acceptors (Lipinski definition) is 5. The van der Waals surface area contributed by atoms with Crippen LogP contribution in [0.5, 0.6) is 23.0 Å². The third-order valence-corrected chi connectivity index (χ3v) is 8.61. The van der Waals surface area contributed by atoms with Gasteiger partial charge in [-0.05, 0) is 81.1 Å². The van der Waals surface area contributed by atoms with E-state index in [4.69, 9.17) is 14.2 Å². The number of carbonyl (C=O) groups is 1. The third kappa shape index (κ3) is 11.4. The molecule has 11 heteroatoms. The van der Waals surface area contributed by atoms with E-state index in [0.29, 0.717) is 31.8 Å². The lowest BCUT2D eigenvalue weighted by molar-refractivity contribution is -0.119. The van der Waals surface area contributed by atoms with Gasteiger partial charge in [0.25, 0.3) is 0 Å². The van der Waals surface area contributed by atoms with E-state index >= 15 is 0 Å². The monoisotopic (exact) mass is 730 g/mol. The van der Waals surface area contributed by atoms with Gasteiger partial charge in [0, 0.05) is 47.2 Å². The van der Waals surface area contributed by atoms with Crippen molar-refractivity contribution in [3.05, 3.63) is 95.6 Å². The zero-order chi connectivity index (χ0) is 37.5. The number of ether oxygens (including phenoxy) is 3. The van der Waals surface area contributed by atoms with Crippen LogP contribution in [0, 0.1) is 34.9 Å². The summed E-state index contributed by atoms with van der Waals surface area (Å²) in [5.74, 6) is -6.80. The van der Waals surface area contributed by atoms with Gasteiger partial charge in [0.05, 0.1) is 19.8 Å². The van der Waals surface area contributed by atoms with Crippen LogP contribution in [0.15, 0.2) is 60.7 Å². The van der Waals surface area contributed by atoms with Gasteiger partial charge < -0.3 is 19.3 Å². The standard InChI is InChI=1S/C41H44F6O5/c1-2-50-37-22-20-33(39(45)41(37)47)31-18-16-29(26-35(31)43)52-24-12-8-4-6-10-14-27(48)13-9-5-3-7-11-23-51-28-15-17-30(34(42)25-28)32-19-21-36(49)40(46)38(32)44/h15-22,25-26,49H,2-14,23-24H2,1H3. The molecule has 0 heterocycles. The van der Waals surface area contributed by atoms with Gasteiger partial charge in [-0.3, -0.25) is 4.79 Å². The molecule has 1 N–H and O–H groups in total. The smallest absolute Gasteiger partial charge is 0.201 e. The van der Waals surface area contributed by atoms with E-state index in [-0.39, 0.29) is 46.1 Å². The number of carbonyl (C=O) groups excluding carboxylic acids is 1. The third-order valence-electron chi connectivity index (χ3n) is 8.61. The number of phenolic OH excluding ortho intramolecular Hbond substituents is 1. The van der Waals surface area contributed by atoms with E-state index < -0.39 is 40.7 Å².